The molecule has 12 heavy (non-hydrogen) atoms. The van der Waals surface area contributed by atoms with Crippen molar-refractivity contribution in [3.8, 4) is 0 Å². The summed E-state index contributed by atoms with van der Waals surface area (Å²) in [5.41, 5.74) is 0. The molecule has 0 fully saturated rings. The first-order chi connectivity index (χ1) is 5.50. The molecule has 0 aliphatic rings. The van der Waals surface area contributed by atoms with Gasteiger partial charge in [0.2, 0.25) is 0 Å². The SMILES string of the molecule is CCCCCCC(Cl)(Cl)C(Cl)Cl. The highest BCUT2D eigenvalue weighted by molar-refractivity contribution is 6.59. The van der Waals surface area contributed by atoms with Gasteiger partial charge in [0.1, 0.15) is 9.17 Å². The Hall–Kier alpha value is 1.16. The molecular formula is C8H14Cl4. The van der Waals surface area contributed by atoms with E-state index in [0.717, 1.165) is 12.8 Å². The highest BCUT2D eigenvalue weighted by atomic mass is 35.5. The van der Waals surface area contributed by atoms with Crippen LogP contribution >= 0.6 is 46.4 Å². The van der Waals surface area contributed by atoms with Crippen LogP contribution in [0.15, 0.2) is 0 Å². The van der Waals surface area contributed by atoms with Crippen LogP contribution in [0.4, 0.5) is 0 Å². The molecule has 0 aliphatic heterocycles. The van der Waals surface area contributed by atoms with Crippen molar-refractivity contribution in [3.63, 3.8) is 0 Å². The molecule has 0 atom stereocenters. The fourth-order valence-electron chi connectivity index (χ4n) is 0.897. The van der Waals surface area contributed by atoms with Gasteiger partial charge in [0.15, 0.2) is 0 Å². The molecule has 0 saturated heterocycles. The fraction of sp³-hybridized carbons (Fsp3) is 1.00. The minimum Gasteiger partial charge on any atom is -0.102 e. The topological polar surface area (TPSA) is 0 Å². The molecule has 0 saturated carbocycles. The summed E-state index contributed by atoms with van der Waals surface area (Å²) in [6.07, 6.45) is 5.19. The van der Waals surface area contributed by atoms with Gasteiger partial charge in [-0.05, 0) is 6.42 Å². The van der Waals surface area contributed by atoms with Crippen molar-refractivity contribution in [2.75, 3.05) is 0 Å². The molecule has 74 valence electrons. The maximum atomic E-state index is 5.85. The molecule has 0 unspecified atom stereocenters. The zero-order chi connectivity index (χ0) is 9.61. The molecule has 0 bridgehead atoms. The third kappa shape index (κ3) is 5.75. The molecule has 0 aromatic heterocycles. The van der Waals surface area contributed by atoms with Crippen LogP contribution in [0.5, 0.6) is 0 Å². The summed E-state index contributed by atoms with van der Waals surface area (Å²) in [7, 11) is 0. The highest BCUT2D eigenvalue weighted by Gasteiger charge is 2.31. The van der Waals surface area contributed by atoms with Gasteiger partial charge in [0.05, 0.1) is 0 Å². The third-order valence-corrected chi connectivity index (χ3v) is 3.69. The van der Waals surface area contributed by atoms with E-state index >= 15 is 0 Å². The van der Waals surface area contributed by atoms with Gasteiger partial charge in [-0.15, -0.1) is 23.2 Å². The molecular weight excluding hydrogens is 238 g/mol. The van der Waals surface area contributed by atoms with E-state index < -0.39 is 9.17 Å². The van der Waals surface area contributed by atoms with E-state index in [-0.39, 0.29) is 0 Å². The first-order valence-electron chi connectivity index (χ1n) is 4.16. The number of rotatable bonds is 6. The van der Waals surface area contributed by atoms with E-state index in [2.05, 4.69) is 6.92 Å². The van der Waals surface area contributed by atoms with E-state index in [4.69, 9.17) is 46.4 Å². The average Bonchev–Trinajstić information content (AvgIpc) is 1.98. The molecule has 4 heteroatoms. The van der Waals surface area contributed by atoms with E-state index in [1.54, 1.807) is 0 Å². The van der Waals surface area contributed by atoms with Crippen LogP contribution < -0.4 is 0 Å². The normalized spacial score (nSPS) is 12.5. The van der Waals surface area contributed by atoms with E-state index in [1.165, 1.54) is 12.8 Å². The quantitative estimate of drug-likeness (QED) is 0.464. The van der Waals surface area contributed by atoms with Gasteiger partial charge >= 0.3 is 0 Å². The van der Waals surface area contributed by atoms with Crippen molar-refractivity contribution in [2.24, 2.45) is 0 Å². The number of alkyl halides is 4. The second-order valence-corrected chi connectivity index (χ2v) is 5.51. The maximum Gasteiger partial charge on any atom is 0.148 e. The summed E-state index contributed by atoms with van der Waals surface area (Å²) >= 11 is 22.9. The predicted molar refractivity (Wildman–Crippen MR) is 58.7 cm³/mol. The first kappa shape index (κ1) is 13.2. The average molecular weight is 252 g/mol. The molecule has 0 heterocycles. The monoisotopic (exact) mass is 250 g/mol. The Kier molecular flexibility index (Phi) is 7.23. The molecule has 0 aromatic rings. The van der Waals surface area contributed by atoms with Gasteiger partial charge in [-0.3, -0.25) is 0 Å². The van der Waals surface area contributed by atoms with E-state index in [1.807, 2.05) is 0 Å². The fourth-order valence-corrected chi connectivity index (χ4v) is 1.38. The summed E-state index contributed by atoms with van der Waals surface area (Å²) in [4.78, 5) is -0.706. The minimum atomic E-state index is -0.975. The van der Waals surface area contributed by atoms with Crippen molar-refractivity contribution < 1.29 is 0 Å². The van der Waals surface area contributed by atoms with Crippen molar-refractivity contribution >= 4 is 46.4 Å². The second kappa shape index (κ2) is 6.59. The Morgan fingerprint density at radius 2 is 1.67 bits per heavy atom. The number of halogens is 4. The predicted octanol–water partition coefficient (Wildman–Crippen LogP) is 4.93. The van der Waals surface area contributed by atoms with Gasteiger partial charge in [-0.1, -0.05) is 55.8 Å². The lowest BCUT2D eigenvalue weighted by atomic mass is 10.1. The second-order valence-electron chi connectivity index (χ2n) is 2.87. The summed E-state index contributed by atoms with van der Waals surface area (Å²) in [6, 6.07) is 0. The smallest absolute Gasteiger partial charge is 0.102 e. The molecule has 0 radical (unpaired) electrons. The number of unbranched alkanes of at least 4 members (excludes halogenated alkanes) is 3. The molecule has 0 N–H and O–H groups in total. The van der Waals surface area contributed by atoms with E-state index in [9.17, 15) is 0 Å². The molecule has 0 nitrogen and oxygen atoms in total. The van der Waals surface area contributed by atoms with Gasteiger partial charge < -0.3 is 0 Å². The first-order valence-corrected chi connectivity index (χ1v) is 5.79. The summed E-state index contributed by atoms with van der Waals surface area (Å²) in [6.45, 7) is 2.15. The van der Waals surface area contributed by atoms with Crippen molar-refractivity contribution in [1.82, 2.24) is 0 Å². The van der Waals surface area contributed by atoms with Gasteiger partial charge in [-0.2, -0.15) is 0 Å². The summed E-state index contributed by atoms with van der Waals surface area (Å²) in [5, 5.41) is 0. The lowest BCUT2D eigenvalue weighted by Crippen LogP contribution is -2.21. The summed E-state index contributed by atoms with van der Waals surface area (Å²) < 4.78 is -0.975. The Balaban J connectivity index is 3.47. The van der Waals surface area contributed by atoms with Crippen LogP contribution in [0.25, 0.3) is 0 Å². The summed E-state index contributed by atoms with van der Waals surface area (Å²) in [5.74, 6) is 0. The molecule has 0 amide bonds. The van der Waals surface area contributed by atoms with E-state index in [0.29, 0.717) is 6.42 Å². The molecule has 0 spiro atoms. The lowest BCUT2D eigenvalue weighted by Gasteiger charge is -2.19. The van der Waals surface area contributed by atoms with Crippen molar-refractivity contribution in [3.05, 3.63) is 0 Å². The van der Waals surface area contributed by atoms with Gasteiger partial charge in [0, 0.05) is 0 Å². The Morgan fingerprint density at radius 1 is 1.08 bits per heavy atom. The van der Waals surface area contributed by atoms with Crippen LogP contribution in [0.2, 0.25) is 0 Å². The number of hydrogen-bond donors (Lipinski definition) is 0. The van der Waals surface area contributed by atoms with Crippen molar-refractivity contribution in [2.45, 2.75) is 48.2 Å². The largest absolute Gasteiger partial charge is 0.148 e. The standard InChI is InChI=1S/C8H14Cl4/c1-2-3-4-5-6-8(11,12)7(9)10/h7H,2-6H2,1H3. The molecule has 0 rings (SSSR count). The van der Waals surface area contributed by atoms with Gasteiger partial charge in [0.25, 0.3) is 0 Å². The van der Waals surface area contributed by atoms with Crippen LogP contribution in [0.3, 0.4) is 0 Å². The Bertz CT molecular complexity index is 112. The van der Waals surface area contributed by atoms with Crippen LogP contribution in [-0.4, -0.2) is 9.17 Å². The lowest BCUT2D eigenvalue weighted by molar-refractivity contribution is 0.602. The number of hydrogen-bond acceptors (Lipinski definition) is 0. The van der Waals surface area contributed by atoms with Crippen molar-refractivity contribution in [1.29, 1.82) is 0 Å². The minimum absolute atomic E-state index is 0.660. The zero-order valence-corrected chi connectivity index (χ0v) is 10.1. The van der Waals surface area contributed by atoms with Crippen LogP contribution in [0.1, 0.15) is 39.0 Å². The Labute approximate surface area is 94.5 Å². The third-order valence-electron chi connectivity index (χ3n) is 1.68. The Morgan fingerprint density at radius 3 is 2.08 bits per heavy atom. The maximum absolute atomic E-state index is 5.85. The molecule has 0 aliphatic carbocycles. The van der Waals surface area contributed by atoms with Gasteiger partial charge in [-0.25, -0.2) is 0 Å². The van der Waals surface area contributed by atoms with Crippen LogP contribution in [0, 0.1) is 0 Å². The molecule has 0 aromatic carbocycles. The highest BCUT2D eigenvalue weighted by Crippen LogP contribution is 2.36. The van der Waals surface area contributed by atoms with Crippen LogP contribution in [-0.2, 0) is 0 Å². The zero-order valence-electron chi connectivity index (χ0n) is 7.12.